The number of esters is 1. The van der Waals surface area contributed by atoms with E-state index < -0.39 is 18.0 Å². The number of nitriles is 1. The van der Waals surface area contributed by atoms with E-state index in [4.69, 9.17) is 10.00 Å². The normalized spacial score (nSPS) is 11.4. The number of aryl methyl sites for hydroxylation is 2. The maximum atomic E-state index is 12.2. The number of hydrogen-bond acceptors (Lipinski definition) is 5. The summed E-state index contributed by atoms with van der Waals surface area (Å²) in [6.07, 6.45) is -0.109. The molecule has 1 N–H and O–H groups in total. The molecular weight excluding hydrogens is 324 g/mol. The van der Waals surface area contributed by atoms with Crippen molar-refractivity contribution in [2.45, 2.75) is 33.3 Å². The third-order valence-electron chi connectivity index (χ3n) is 3.50. The number of amides is 1. The van der Waals surface area contributed by atoms with E-state index >= 15 is 0 Å². The molecule has 1 amide bonds. The lowest BCUT2D eigenvalue weighted by molar-refractivity contribution is -0.123. The van der Waals surface area contributed by atoms with E-state index in [1.807, 2.05) is 19.9 Å². The molecular formula is C18H18N2O3S. The second kappa shape index (κ2) is 7.75. The molecule has 1 aromatic carbocycles. The van der Waals surface area contributed by atoms with Crippen LogP contribution in [-0.2, 0) is 16.0 Å². The zero-order valence-electron chi connectivity index (χ0n) is 13.8. The van der Waals surface area contributed by atoms with E-state index in [9.17, 15) is 9.59 Å². The molecule has 0 radical (unpaired) electrons. The Kier molecular flexibility index (Phi) is 5.72. The Labute approximate surface area is 144 Å². The molecule has 0 aliphatic carbocycles. The summed E-state index contributed by atoms with van der Waals surface area (Å²) in [6.45, 7) is 5.47. The number of hydrogen-bond donors (Lipinski definition) is 1. The molecule has 1 aromatic heterocycles. The van der Waals surface area contributed by atoms with Gasteiger partial charge in [0.25, 0.3) is 5.91 Å². The molecule has 124 valence electrons. The third kappa shape index (κ3) is 4.00. The van der Waals surface area contributed by atoms with Crippen molar-refractivity contribution in [1.29, 1.82) is 5.26 Å². The molecule has 0 fully saturated rings. The van der Waals surface area contributed by atoms with Gasteiger partial charge in [-0.1, -0.05) is 19.1 Å². The molecule has 2 rings (SSSR count). The number of nitrogens with zero attached hydrogens (tertiary/aromatic N) is 1. The number of para-hydroxylation sites is 1. The molecule has 0 saturated carbocycles. The van der Waals surface area contributed by atoms with Crippen molar-refractivity contribution in [3.63, 3.8) is 0 Å². The van der Waals surface area contributed by atoms with Gasteiger partial charge in [0, 0.05) is 4.88 Å². The van der Waals surface area contributed by atoms with E-state index in [0.717, 1.165) is 16.9 Å². The Morgan fingerprint density at radius 3 is 2.71 bits per heavy atom. The maximum Gasteiger partial charge on any atom is 0.349 e. The van der Waals surface area contributed by atoms with Crippen LogP contribution in [0.15, 0.2) is 30.3 Å². The van der Waals surface area contributed by atoms with Crippen molar-refractivity contribution in [3.05, 3.63) is 51.2 Å². The molecule has 1 atom stereocenters. The van der Waals surface area contributed by atoms with Crippen LogP contribution >= 0.6 is 11.3 Å². The first-order chi connectivity index (χ1) is 11.5. The van der Waals surface area contributed by atoms with Crippen LogP contribution in [0.2, 0.25) is 0 Å². The largest absolute Gasteiger partial charge is 0.448 e. The zero-order valence-corrected chi connectivity index (χ0v) is 14.6. The Balaban J connectivity index is 2.03. The van der Waals surface area contributed by atoms with Crippen LogP contribution in [-0.4, -0.2) is 18.0 Å². The van der Waals surface area contributed by atoms with Gasteiger partial charge in [0.15, 0.2) is 6.10 Å². The van der Waals surface area contributed by atoms with Crippen LogP contribution in [0.3, 0.4) is 0 Å². The van der Waals surface area contributed by atoms with Crippen LogP contribution in [0.25, 0.3) is 0 Å². The average molecular weight is 342 g/mol. The van der Waals surface area contributed by atoms with Gasteiger partial charge in [0.2, 0.25) is 0 Å². The average Bonchev–Trinajstić information content (AvgIpc) is 2.96. The molecule has 5 nitrogen and oxygen atoms in total. The first-order valence-corrected chi connectivity index (χ1v) is 8.38. The fourth-order valence-corrected chi connectivity index (χ4v) is 3.16. The van der Waals surface area contributed by atoms with Gasteiger partial charge < -0.3 is 10.1 Å². The van der Waals surface area contributed by atoms with Crippen molar-refractivity contribution in [1.82, 2.24) is 0 Å². The Morgan fingerprint density at radius 1 is 1.38 bits per heavy atom. The van der Waals surface area contributed by atoms with Gasteiger partial charge in [0.1, 0.15) is 10.9 Å². The lowest BCUT2D eigenvalue weighted by Crippen LogP contribution is -2.30. The van der Waals surface area contributed by atoms with Gasteiger partial charge in [0.05, 0.1) is 11.3 Å². The van der Waals surface area contributed by atoms with Gasteiger partial charge in [-0.05, 0) is 44.0 Å². The fourth-order valence-electron chi connectivity index (χ4n) is 2.17. The van der Waals surface area contributed by atoms with Crippen molar-refractivity contribution in [2.24, 2.45) is 0 Å². The van der Waals surface area contributed by atoms with Crippen LogP contribution < -0.4 is 5.32 Å². The molecule has 0 aliphatic heterocycles. The van der Waals surface area contributed by atoms with Crippen LogP contribution in [0, 0.1) is 18.3 Å². The smallest absolute Gasteiger partial charge is 0.349 e. The highest BCUT2D eigenvalue weighted by molar-refractivity contribution is 7.14. The molecule has 0 aliphatic rings. The highest BCUT2D eigenvalue weighted by atomic mass is 32.1. The van der Waals surface area contributed by atoms with E-state index in [2.05, 4.69) is 5.32 Å². The number of benzene rings is 1. The Bertz CT molecular complexity index is 805. The third-order valence-corrected chi connectivity index (χ3v) is 4.86. The zero-order chi connectivity index (χ0) is 17.7. The van der Waals surface area contributed by atoms with Gasteiger partial charge >= 0.3 is 5.97 Å². The molecule has 6 heteroatoms. The van der Waals surface area contributed by atoms with E-state index in [-0.39, 0.29) is 0 Å². The van der Waals surface area contributed by atoms with Crippen LogP contribution in [0.1, 0.15) is 39.5 Å². The molecule has 0 spiro atoms. The predicted molar refractivity (Wildman–Crippen MR) is 93.1 cm³/mol. The second-order valence-electron chi connectivity index (χ2n) is 5.26. The SMILES string of the molecule is CCc1sc(C(=O)O[C@@H](C)C(=O)Nc2ccccc2C#N)cc1C. The van der Waals surface area contributed by atoms with Crippen LogP contribution in [0.4, 0.5) is 5.69 Å². The Hall–Kier alpha value is -2.65. The summed E-state index contributed by atoms with van der Waals surface area (Å²) < 4.78 is 5.23. The maximum absolute atomic E-state index is 12.2. The number of carbonyl (C=O) groups excluding carboxylic acids is 2. The number of nitrogens with one attached hydrogen (secondary N) is 1. The van der Waals surface area contributed by atoms with Gasteiger partial charge in [-0.3, -0.25) is 4.79 Å². The molecule has 0 unspecified atom stereocenters. The standard InChI is InChI=1S/C18H18N2O3S/c1-4-15-11(2)9-16(24-15)18(22)23-12(3)17(21)20-14-8-6-5-7-13(14)10-19/h5-9,12H,4H2,1-3H3,(H,20,21)/t12-/m0/s1. The molecule has 0 saturated heterocycles. The first kappa shape index (κ1) is 17.7. The van der Waals surface area contributed by atoms with Gasteiger partial charge in [-0.15, -0.1) is 11.3 Å². The topological polar surface area (TPSA) is 79.2 Å². The predicted octanol–water partition coefficient (Wildman–Crippen LogP) is 3.67. The number of rotatable bonds is 5. The molecule has 1 heterocycles. The van der Waals surface area contributed by atoms with Crippen molar-refractivity contribution in [2.75, 3.05) is 5.32 Å². The monoisotopic (exact) mass is 342 g/mol. The van der Waals surface area contributed by atoms with E-state index in [1.165, 1.54) is 18.3 Å². The minimum absolute atomic E-state index is 0.353. The summed E-state index contributed by atoms with van der Waals surface area (Å²) in [5, 5.41) is 11.6. The summed E-state index contributed by atoms with van der Waals surface area (Å²) in [6, 6.07) is 10.4. The van der Waals surface area contributed by atoms with Crippen LogP contribution in [0.5, 0.6) is 0 Å². The highest BCUT2D eigenvalue weighted by Crippen LogP contribution is 2.23. The van der Waals surface area contributed by atoms with Crippen molar-refractivity contribution in [3.8, 4) is 6.07 Å². The fraction of sp³-hybridized carbons (Fsp3) is 0.278. The Morgan fingerprint density at radius 2 is 2.08 bits per heavy atom. The lowest BCUT2D eigenvalue weighted by Gasteiger charge is -2.13. The van der Waals surface area contributed by atoms with E-state index in [1.54, 1.807) is 30.3 Å². The minimum atomic E-state index is -0.961. The number of ether oxygens (including phenoxy) is 1. The van der Waals surface area contributed by atoms with Crippen molar-refractivity contribution >= 4 is 28.9 Å². The molecule has 24 heavy (non-hydrogen) atoms. The summed E-state index contributed by atoms with van der Waals surface area (Å²) in [5.41, 5.74) is 1.80. The molecule has 2 aromatic rings. The van der Waals surface area contributed by atoms with Gasteiger partial charge in [-0.2, -0.15) is 5.26 Å². The summed E-state index contributed by atoms with van der Waals surface area (Å²) in [4.78, 5) is 26.0. The van der Waals surface area contributed by atoms with E-state index in [0.29, 0.717) is 16.1 Å². The second-order valence-corrected chi connectivity index (χ2v) is 6.40. The molecule has 0 bridgehead atoms. The summed E-state index contributed by atoms with van der Waals surface area (Å²) >= 11 is 1.38. The summed E-state index contributed by atoms with van der Waals surface area (Å²) in [7, 11) is 0. The minimum Gasteiger partial charge on any atom is -0.448 e. The first-order valence-electron chi connectivity index (χ1n) is 7.56. The lowest BCUT2D eigenvalue weighted by atomic mass is 10.2. The van der Waals surface area contributed by atoms with Gasteiger partial charge in [-0.25, -0.2) is 4.79 Å². The quantitative estimate of drug-likeness (QED) is 0.841. The number of thiophene rings is 1. The number of carbonyl (C=O) groups is 2. The number of anilines is 1. The summed E-state index contributed by atoms with van der Waals surface area (Å²) in [5.74, 6) is -0.992. The highest BCUT2D eigenvalue weighted by Gasteiger charge is 2.21. The van der Waals surface area contributed by atoms with Crippen molar-refractivity contribution < 1.29 is 14.3 Å².